The molecular weight excluding hydrogens is 370 g/mol. The summed E-state index contributed by atoms with van der Waals surface area (Å²) in [4.78, 5) is 8.35. The molecule has 0 radical (unpaired) electrons. The topological polar surface area (TPSA) is 69.7 Å². The summed E-state index contributed by atoms with van der Waals surface area (Å²) in [5, 5.41) is 0.325. The number of aromatic nitrogens is 1. The second-order valence-electron chi connectivity index (χ2n) is 4.73. The molecule has 2 aromatic rings. The van der Waals surface area contributed by atoms with Gasteiger partial charge in [0.1, 0.15) is 29.0 Å². The summed E-state index contributed by atoms with van der Waals surface area (Å²) >= 11 is 9.40. The van der Waals surface area contributed by atoms with E-state index in [-0.39, 0.29) is 6.61 Å². The molecule has 0 amide bonds. The Morgan fingerprint density at radius 2 is 2.09 bits per heavy atom. The van der Waals surface area contributed by atoms with Crippen LogP contribution in [0.15, 0.2) is 39.9 Å². The maximum absolute atomic E-state index is 5.97. The maximum Gasteiger partial charge on any atom is 0.171 e. The minimum atomic E-state index is 0.253. The number of aliphatic imine (C=N–C) groups is 1. The van der Waals surface area contributed by atoms with Crippen LogP contribution >= 0.6 is 27.5 Å². The number of fused-ring (bicyclic) bond motifs is 2. The van der Waals surface area contributed by atoms with Gasteiger partial charge in [0.05, 0.1) is 12.8 Å². The van der Waals surface area contributed by atoms with Gasteiger partial charge in [0.15, 0.2) is 5.75 Å². The molecule has 0 saturated carbocycles. The van der Waals surface area contributed by atoms with E-state index >= 15 is 0 Å². The molecule has 22 heavy (non-hydrogen) atoms. The van der Waals surface area contributed by atoms with Crippen molar-refractivity contribution in [3.8, 4) is 11.5 Å². The Morgan fingerprint density at radius 1 is 1.23 bits per heavy atom. The molecule has 7 heteroatoms. The zero-order chi connectivity index (χ0) is 15.5. The lowest BCUT2D eigenvalue weighted by molar-refractivity contribution is 0.174. The quantitative estimate of drug-likeness (QED) is 0.703. The number of halogens is 2. The number of ether oxygens (including phenoxy) is 2. The van der Waals surface area contributed by atoms with Gasteiger partial charge in [-0.1, -0.05) is 27.5 Å². The molecule has 0 saturated heterocycles. The van der Waals surface area contributed by atoms with Crippen molar-refractivity contribution in [3.05, 3.63) is 45.7 Å². The fourth-order valence-electron chi connectivity index (χ4n) is 2.08. The highest BCUT2D eigenvalue weighted by molar-refractivity contribution is 9.10. The third kappa shape index (κ3) is 3.58. The molecule has 3 rings (SSSR count). The van der Waals surface area contributed by atoms with Gasteiger partial charge in [-0.05, 0) is 30.2 Å². The molecule has 0 unspecified atom stereocenters. The highest BCUT2D eigenvalue weighted by atomic mass is 79.9. The molecule has 1 aliphatic rings. The van der Waals surface area contributed by atoms with Crippen LogP contribution in [0.1, 0.15) is 5.56 Å². The van der Waals surface area contributed by atoms with E-state index in [1.54, 1.807) is 12.3 Å². The Kier molecular flexibility index (Phi) is 4.61. The van der Waals surface area contributed by atoms with Crippen molar-refractivity contribution in [3.63, 3.8) is 0 Å². The first kappa shape index (κ1) is 15.3. The van der Waals surface area contributed by atoms with Crippen LogP contribution in [-0.2, 0) is 11.2 Å². The molecule has 0 bridgehead atoms. The summed E-state index contributed by atoms with van der Waals surface area (Å²) in [6.45, 7) is 0.779. The van der Waals surface area contributed by atoms with Crippen molar-refractivity contribution in [1.82, 2.24) is 4.98 Å². The molecular formula is C15H13BrClN3O2. The average molecular weight is 383 g/mol. The minimum Gasteiger partial charge on any atom is -0.453 e. The molecule has 2 heterocycles. The number of pyridine rings is 1. The smallest absolute Gasteiger partial charge is 0.171 e. The van der Waals surface area contributed by atoms with Crippen molar-refractivity contribution >= 4 is 39.1 Å². The summed E-state index contributed by atoms with van der Waals surface area (Å²) in [6.07, 6.45) is 2.25. The van der Waals surface area contributed by atoms with E-state index in [4.69, 9.17) is 26.8 Å². The van der Waals surface area contributed by atoms with Gasteiger partial charge in [0.2, 0.25) is 0 Å². The number of benzene rings is 1. The molecule has 1 aliphatic heterocycles. The Bertz CT molecular complexity index is 737. The van der Waals surface area contributed by atoms with Gasteiger partial charge in [0.25, 0.3) is 0 Å². The van der Waals surface area contributed by atoms with Crippen LogP contribution in [0.4, 0.5) is 5.69 Å². The lowest BCUT2D eigenvalue weighted by Gasteiger charge is -2.12. The predicted octanol–water partition coefficient (Wildman–Crippen LogP) is 3.85. The molecule has 1 aromatic heterocycles. The lowest BCUT2D eigenvalue weighted by Crippen LogP contribution is -2.19. The number of amidine groups is 1. The largest absolute Gasteiger partial charge is 0.453 e. The van der Waals surface area contributed by atoms with Crippen LogP contribution in [0.3, 0.4) is 0 Å². The normalized spacial score (nSPS) is 14.9. The summed E-state index contributed by atoms with van der Waals surface area (Å²) in [5.74, 6) is 1.59. The van der Waals surface area contributed by atoms with Crippen LogP contribution in [0.5, 0.6) is 11.5 Å². The first-order chi connectivity index (χ1) is 10.6. The van der Waals surface area contributed by atoms with Crippen LogP contribution in [0.2, 0.25) is 5.15 Å². The van der Waals surface area contributed by atoms with E-state index in [1.807, 2.05) is 18.2 Å². The van der Waals surface area contributed by atoms with Crippen molar-refractivity contribution in [1.29, 1.82) is 0 Å². The number of rotatable bonds is 0. The van der Waals surface area contributed by atoms with Gasteiger partial charge >= 0.3 is 0 Å². The maximum atomic E-state index is 5.97. The van der Waals surface area contributed by atoms with E-state index < -0.39 is 0 Å². The highest BCUT2D eigenvalue weighted by Gasteiger charge is 2.12. The molecule has 5 nitrogen and oxygen atoms in total. The fraction of sp³-hybridized carbons (Fsp3) is 0.200. The Balaban J connectivity index is 2.08. The van der Waals surface area contributed by atoms with Crippen molar-refractivity contribution in [2.24, 2.45) is 10.7 Å². The van der Waals surface area contributed by atoms with Crippen molar-refractivity contribution in [2.45, 2.75) is 6.42 Å². The Hall–Kier alpha value is -1.63. The van der Waals surface area contributed by atoms with E-state index in [9.17, 15) is 0 Å². The predicted molar refractivity (Wildman–Crippen MR) is 89.3 cm³/mol. The first-order valence-electron chi connectivity index (χ1n) is 6.64. The monoisotopic (exact) mass is 381 g/mol. The van der Waals surface area contributed by atoms with Gasteiger partial charge in [-0.25, -0.2) is 9.98 Å². The van der Waals surface area contributed by atoms with Crippen LogP contribution in [0, 0.1) is 0 Å². The number of hydrogen-bond donors (Lipinski definition) is 1. The van der Waals surface area contributed by atoms with E-state index in [0.29, 0.717) is 35.5 Å². The summed E-state index contributed by atoms with van der Waals surface area (Å²) in [5.41, 5.74) is 7.42. The molecule has 1 aromatic carbocycles. The molecule has 0 spiro atoms. The van der Waals surface area contributed by atoms with Gasteiger partial charge in [-0.2, -0.15) is 0 Å². The van der Waals surface area contributed by atoms with Gasteiger partial charge < -0.3 is 15.2 Å². The van der Waals surface area contributed by atoms with Crippen LogP contribution in [-0.4, -0.2) is 24.0 Å². The fourth-order valence-corrected chi connectivity index (χ4v) is 2.64. The zero-order valence-electron chi connectivity index (χ0n) is 11.6. The average Bonchev–Trinajstić information content (AvgIpc) is 2.50. The first-order valence-corrected chi connectivity index (χ1v) is 7.81. The van der Waals surface area contributed by atoms with E-state index in [0.717, 1.165) is 15.8 Å². The van der Waals surface area contributed by atoms with Gasteiger partial charge in [-0.15, -0.1) is 0 Å². The van der Waals surface area contributed by atoms with E-state index in [1.165, 1.54) is 0 Å². The van der Waals surface area contributed by atoms with Crippen LogP contribution in [0.25, 0.3) is 0 Å². The van der Waals surface area contributed by atoms with Crippen molar-refractivity contribution in [2.75, 3.05) is 13.2 Å². The zero-order valence-corrected chi connectivity index (χ0v) is 13.9. The molecule has 0 aliphatic carbocycles. The SMILES string of the molecule is NC1=Nc2cc(Cl)ncc2Oc2ccc(Br)cc2CCOC1. The number of nitrogens with two attached hydrogens (primary N) is 1. The van der Waals surface area contributed by atoms with Gasteiger partial charge in [0, 0.05) is 10.5 Å². The summed E-state index contributed by atoms with van der Waals surface area (Å²) < 4.78 is 12.5. The van der Waals surface area contributed by atoms with Crippen molar-refractivity contribution < 1.29 is 9.47 Å². The Morgan fingerprint density at radius 3 is 2.95 bits per heavy atom. The second kappa shape index (κ2) is 6.64. The van der Waals surface area contributed by atoms with Gasteiger partial charge in [-0.3, -0.25) is 0 Å². The highest BCUT2D eigenvalue weighted by Crippen LogP contribution is 2.35. The molecule has 2 N–H and O–H groups in total. The minimum absolute atomic E-state index is 0.253. The molecule has 0 atom stereocenters. The summed E-state index contributed by atoms with van der Waals surface area (Å²) in [6, 6.07) is 7.42. The standard InChI is InChI=1S/C15H13BrClN3O2/c16-10-1-2-12-9(5-10)3-4-21-8-15(18)20-11-6-14(17)19-7-13(11)22-12/h1-2,5-7H,3-4,8H2,(H2,18,20). The third-order valence-corrected chi connectivity index (χ3v) is 3.79. The number of nitrogens with zero attached hydrogens (tertiary/aromatic N) is 2. The molecule has 114 valence electrons. The lowest BCUT2D eigenvalue weighted by atomic mass is 10.1. The number of hydrogen-bond acceptors (Lipinski definition) is 5. The third-order valence-electron chi connectivity index (χ3n) is 3.09. The Labute approximate surface area is 141 Å². The van der Waals surface area contributed by atoms with Crippen LogP contribution < -0.4 is 10.5 Å². The summed E-state index contributed by atoms with van der Waals surface area (Å²) in [7, 11) is 0. The molecule has 0 fully saturated rings. The second-order valence-corrected chi connectivity index (χ2v) is 6.04. The van der Waals surface area contributed by atoms with E-state index in [2.05, 4.69) is 25.9 Å².